The van der Waals surface area contributed by atoms with Gasteiger partial charge in [0.2, 0.25) is 0 Å². The molecule has 0 aromatic heterocycles. The first-order chi connectivity index (χ1) is 8.25. The van der Waals surface area contributed by atoms with E-state index in [1.807, 2.05) is 19.1 Å². The van der Waals surface area contributed by atoms with Gasteiger partial charge in [-0.2, -0.15) is 0 Å². The normalized spacial score (nSPS) is 13.0. The van der Waals surface area contributed by atoms with Crippen LogP contribution >= 0.6 is 0 Å². The molecule has 0 aliphatic heterocycles. The fourth-order valence-corrected chi connectivity index (χ4v) is 1.61. The lowest BCUT2D eigenvalue weighted by Gasteiger charge is -2.21. The van der Waals surface area contributed by atoms with Gasteiger partial charge in [0.25, 0.3) is 5.91 Å². The van der Waals surface area contributed by atoms with E-state index in [0.29, 0.717) is 5.75 Å². The minimum Gasteiger partial charge on any atom is -0.481 e. The van der Waals surface area contributed by atoms with Crippen molar-refractivity contribution in [3.05, 3.63) is 29.3 Å². The number of amides is 1. The highest BCUT2D eigenvalue weighted by atomic mass is 16.5. The molecule has 0 aliphatic rings. The van der Waals surface area contributed by atoms with Crippen LogP contribution in [0.3, 0.4) is 0 Å². The topological polar surface area (TPSA) is 64.3 Å². The van der Waals surface area contributed by atoms with Crippen molar-refractivity contribution in [1.29, 1.82) is 0 Å². The van der Waals surface area contributed by atoms with Crippen LogP contribution in [0.5, 0.6) is 5.75 Å². The van der Waals surface area contributed by atoms with Crippen LogP contribution in [0.15, 0.2) is 18.2 Å². The maximum absolute atomic E-state index is 11.3. The number of aryl methyl sites for hydroxylation is 1. The zero-order valence-electron chi connectivity index (χ0n) is 11.7. The van der Waals surface area contributed by atoms with Crippen molar-refractivity contribution < 1.29 is 9.53 Å². The number of nitrogens with two attached hydrogens (primary N) is 1. The molecule has 1 aromatic rings. The van der Waals surface area contributed by atoms with Gasteiger partial charge in [-0.05, 0) is 36.5 Å². The van der Waals surface area contributed by atoms with Crippen LogP contribution in [0, 0.1) is 6.92 Å². The third-order valence-electron chi connectivity index (χ3n) is 2.86. The van der Waals surface area contributed by atoms with E-state index >= 15 is 0 Å². The SMILES string of the molecule is Cc1cc(C(C)(C)C)ccc1OC(C)C(=O)NN. The summed E-state index contributed by atoms with van der Waals surface area (Å²) >= 11 is 0. The van der Waals surface area contributed by atoms with E-state index < -0.39 is 6.10 Å². The molecule has 100 valence electrons. The number of hydrazine groups is 1. The van der Waals surface area contributed by atoms with E-state index in [0.717, 1.165) is 5.56 Å². The van der Waals surface area contributed by atoms with Crippen molar-refractivity contribution in [2.45, 2.75) is 46.1 Å². The molecule has 0 radical (unpaired) electrons. The number of carbonyl (C=O) groups is 1. The molecule has 3 N–H and O–H groups in total. The van der Waals surface area contributed by atoms with Gasteiger partial charge in [0, 0.05) is 0 Å². The van der Waals surface area contributed by atoms with Crippen molar-refractivity contribution in [2.75, 3.05) is 0 Å². The van der Waals surface area contributed by atoms with Crippen molar-refractivity contribution in [2.24, 2.45) is 5.84 Å². The van der Waals surface area contributed by atoms with Crippen LogP contribution in [0.1, 0.15) is 38.8 Å². The maximum atomic E-state index is 11.3. The molecule has 1 aromatic carbocycles. The number of hydrogen-bond donors (Lipinski definition) is 2. The fraction of sp³-hybridized carbons (Fsp3) is 0.500. The summed E-state index contributed by atoms with van der Waals surface area (Å²) in [6.45, 7) is 10.1. The summed E-state index contributed by atoms with van der Waals surface area (Å²) < 4.78 is 5.57. The zero-order chi connectivity index (χ0) is 13.9. The molecule has 1 amide bonds. The van der Waals surface area contributed by atoms with Gasteiger partial charge in [-0.3, -0.25) is 10.2 Å². The number of benzene rings is 1. The molecule has 0 aliphatic carbocycles. The van der Waals surface area contributed by atoms with E-state index in [9.17, 15) is 4.79 Å². The van der Waals surface area contributed by atoms with Crippen molar-refractivity contribution >= 4 is 5.91 Å². The summed E-state index contributed by atoms with van der Waals surface area (Å²) in [6.07, 6.45) is -0.603. The first-order valence-electron chi connectivity index (χ1n) is 6.04. The van der Waals surface area contributed by atoms with Gasteiger partial charge in [-0.15, -0.1) is 0 Å². The summed E-state index contributed by atoms with van der Waals surface area (Å²) in [5, 5.41) is 0. The predicted octanol–water partition coefficient (Wildman–Crippen LogP) is 2.05. The van der Waals surface area contributed by atoms with Gasteiger partial charge in [-0.1, -0.05) is 32.9 Å². The van der Waals surface area contributed by atoms with Crippen LogP contribution in [0.2, 0.25) is 0 Å². The van der Waals surface area contributed by atoms with Gasteiger partial charge >= 0.3 is 0 Å². The molecule has 4 heteroatoms. The highest BCUT2D eigenvalue weighted by Gasteiger charge is 2.17. The molecule has 1 unspecified atom stereocenters. The Hall–Kier alpha value is -1.55. The van der Waals surface area contributed by atoms with Crippen LogP contribution in [-0.2, 0) is 10.2 Å². The summed E-state index contributed by atoms with van der Waals surface area (Å²) in [6, 6.07) is 6.01. The van der Waals surface area contributed by atoms with Crippen molar-refractivity contribution in [3.8, 4) is 5.75 Å². The third kappa shape index (κ3) is 3.47. The summed E-state index contributed by atoms with van der Waals surface area (Å²) in [4.78, 5) is 11.3. The van der Waals surface area contributed by atoms with Gasteiger partial charge in [0.15, 0.2) is 6.10 Å². The lowest BCUT2D eigenvalue weighted by atomic mass is 9.86. The fourth-order valence-electron chi connectivity index (χ4n) is 1.61. The van der Waals surface area contributed by atoms with Crippen LogP contribution in [-0.4, -0.2) is 12.0 Å². The second kappa shape index (κ2) is 5.40. The Morgan fingerprint density at radius 1 is 1.39 bits per heavy atom. The number of rotatable bonds is 3. The van der Waals surface area contributed by atoms with E-state index in [1.165, 1.54) is 5.56 Å². The summed E-state index contributed by atoms with van der Waals surface area (Å²) in [5.41, 5.74) is 4.43. The quantitative estimate of drug-likeness (QED) is 0.490. The lowest BCUT2D eigenvalue weighted by Crippen LogP contribution is -2.40. The van der Waals surface area contributed by atoms with E-state index in [1.54, 1.807) is 6.92 Å². The molecule has 0 heterocycles. The van der Waals surface area contributed by atoms with Crippen LogP contribution in [0.25, 0.3) is 0 Å². The molecule has 0 saturated heterocycles. The monoisotopic (exact) mass is 250 g/mol. The lowest BCUT2D eigenvalue weighted by molar-refractivity contribution is -0.127. The van der Waals surface area contributed by atoms with Crippen LogP contribution < -0.4 is 16.0 Å². The number of hydrogen-bond acceptors (Lipinski definition) is 3. The molecule has 0 fully saturated rings. The zero-order valence-corrected chi connectivity index (χ0v) is 11.7. The Labute approximate surface area is 108 Å². The maximum Gasteiger partial charge on any atom is 0.274 e. The predicted molar refractivity (Wildman–Crippen MR) is 72.3 cm³/mol. The highest BCUT2D eigenvalue weighted by Crippen LogP contribution is 2.27. The Kier molecular flexibility index (Phi) is 4.35. The van der Waals surface area contributed by atoms with E-state index in [2.05, 4.69) is 32.3 Å². The number of ether oxygens (including phenoxy) is 1. The first-order valence-corrected chi connectivity index (χ1v) is 6.04. The standard InChI is InChI=1S/C14H22N2O2/c1-9-8-11(14(3,4)5)6-7-12(9)18-10(2)13(17)16-15/h6-8,10H,15H2,1-5H3,(H,16,17). The molecule has 0 spiro atoms. The molecular formula is C14H22N2O2. The van der Waals surface area contributed by atoms with Gasteiger partial charge < -0.3 is 4.74 Å². The molecule has 4 nitrogen and oxygen atoms in total. The highest BCUT2D eigenvalue weighted by molar-refractivity contribution is 5.80. The third-order valence-corrected chi connectivity index (χ3v) is 2.86. The summed E-state index contributed by atoms with van der Waals surface area (Å²) in [5.74, 6) is 5.44. The average Bonchev–Trinajstić information content (AvgIpc) is 2.29. The van der Waals surface area contributed by atoms with Gasteiger partial charge in [0.1, 0.15) is 5.75 Å². The smallest absolute Gasteiger partial charge is 0.274 e. The molecule has 1 rings (SSSR count). The largest absolute Gasteiger partial charge is 0.481 e. The Morgan fingerprint density at radius 2 is 2.00 bits per heavy atom. The molecule has 0 bridgehead atoms. The Balaban J connectivity index is 2.90. The second-order valence-electron chi connectivity index (χ2n) is 5.50. The van der Waals surface area contributed by atoms with E-state index in [-0.39, 0.29) is 11.3 Å². The Morgan fingerprint density at radius 3 is 2.44 bits per heavy atom. The van der Waals surface area contributed by atoms with Gasteiger partial charge in [-0.25, -0.2) is 5.84 Å². The first kappa shape index (κ1) is 14.5. The molecule has 18 heavy (non-hydrogen) atoms. The van der Waals surface area contributed by atoms with Crippen molar-refractivity contribution in [1.82, 2.24) is 5.43 Å². The molecule has 1 atom stereocenters. The molecular weight excluding hydrogens is 228 g/mol. The number of carbonyl (C=O) groups excluding carboxylic acids is 1. The average molecular weight is 250 g/mol. The van der Waals surface area contributed by atoms with E-state index in [4.69, 9.17) is 10.6 Å². The minimum absolute atomic E-state index is 0.101. The van der Waals surface area contributed by atoms with Crippen molar-refractivity contribution in [3.63, 3.8) is 0 Å². The Bertz CT molecular complexity index is 436. The minimum atomic E-state index is -0.603. The summed E-state index contributed by atoms with van der Waals surface area (Å²) in [7, 11) is 0. The molecule has 0 saturated carbocycles. The number of nitrogens with one attached hydrogen (secondary N) is 1. The second-order valence-corrected chi connectivity index (χ2v) is 5.50. The van der Waals surface area contributed by atoms with Crippen LogP contribution in [0.4, 0.5) is 0 Å². The van der Waals surface area contributed by atoms with Gasteiger partial charge in [0.05, 0.1) is 0 Å².